The van der Waals surface area contributed by atoms with Gasteiger partial charge in [-0.25, -0.2) is 19.2 Å². The number of carboxylic acids is 3. The number of esters is 1. The third-order valence-electron chi connectivity index (χ3n) is 7.17. The van der Waals surface area contributed by atoms with Gasteiger partial charge in [-0.3, -0.25) is 5.10 Å². The summed E-state index contributed by atoms with van der Waals surface area (Å²) >= 11 is 0. The first-order valence-electron chi connectivity index (χ1n) is 14.5. The molecule has 1 aromatic heterocycles. The SMILES string of the molecule is Cc1ccc(C(=O)O)cc1.Cc1ccc(C(=O)O)cc1.Cc1ccc(C(=O)OC[C@@H]2C[C@H](C)[C@H](c3[nH]nc(C#N)c3C(=O)O)O2)cc1. The monoisotopic (exact) mass is 641 g/mol. The number of nitriles is 1. The molecule has 1 saturated heterocycles. The molecule has 0 aliphatic carbocycles. The Labute approximate surface area is 271 Å². The molecule has 0 bridgehead atoms. The molecule has 3 aromatic carbocycles. The Bertz CT molecular complexity index is 1680. The number of hydrogen-bond donors (Lipinski definition) is 4. The van der Waals surface area contributed by atoms with Crippen LogP contribution in [0.2, 0.25) is 0 Å². The normalized spacial score (nSPS) is 16.4. The number of hydrogen-bond acceptors (Lipinski definition) is 8. The third-order valence-corrected chi connectivity index (χ3v) is 7.17. The van der Waals surface area contributed by atoms with Gasteiger partial charge in [-0.2, -0.15) is 10.4 Å². The molecule has 1 fully saturated rings. The van der Waals surface area contributed by atoms with Crippen LogP contribution in [0.1, 0.15) is 89.0 Å². The van der Waals surface area contributed by atoms with E-state index < -0.39 is 30.0 Å². The zero-order valence-corrected chi connectivity index (χ0v) is 26.3. The van der Waals surface area contributed by atoms with Crippen LogP contribution in [0.4, 0.5) is 0 Å². The van der Waals surface area contributed by atoms with Crippen molar-refractivity contribution in [2.75, 3.05) is 6.61 Å². The molecule has 0 unspecified atom stereocenters. The minimum absolute atomic E-state index is 0.0295. The Morgan fingerprint density at radius 1 is 0.809 bits per heavy atom. The predicted octanol–water partition coefficient (Wildman–Crippen LogP) is 6.00. The first kappa shape index (κ1) is 35.7. The summed E-state index contributed by atoms with van der Waals surface area (Å²) in [6.07, 6.45) is -0.338. The van der Waals surface area contributed by atoms with Gasteiger partial charge in [-0.05, 0) is 69.5 Å². The molecule has 0 spiro atoms. The molecule has 0 amide bonds. The van der Waals surface area contributed by atoms with E-state index in [0.29, 0.717) is 23.1 Å². The van der Waals surface area contributed by atoms with Crippen molar-refractivity contribution in [2.24, 2.45) is 5.92 Å². The molecule has 244 valence electrons. The van der Waals surface area contributed by atoms with E-state index in [1.54, 1.807) is 66.7 Å². The molecule has 1 aliphatic heterocycles. The third kappa shape index (κ3) is 10.1. The van der Waals surface area contributed by atoms with Crippen LogP contribution in [0.3, 0.4) is 0 Å². The number of carbonyl (C=O) groups excluding carboxylic acids is 1. The molecular weight excluding hydrogens is 606 g/mol. The molecule has 0 radical (unpaired) electrons. The number of carboxylic acid groups (broad SMARTS) is 3. The Morgan fingerprint density at radius 3 is 1.66 bits per heavy atom. The summed E-state index contributed by atoms with van der Waals surface area (Å²) in [6, 6.07) is 22.3. The van der Waals surface area contributed by atoms with Crippen molar-refractivity contribution in [3.05, 3.63) is 123 Å². The summed E-state index contributed by atoms with van der Waals surface area (Å²) in [7, 11) is 0. The van der Waals surface area contributed by atoms with Gasteiger partial charge >= 0.3 is 23.9 Å². The fourth-order valence-corrected chi connectivity index (χ4v) is 4.59. The number of carbonyl (C=O) groups is 4. The zero-order valence-electron chi connectivity index (χ0n) is 26.3. The molecule has 3 atom stereocenters. The summed E-state index contributed by atoms with van der Waals surface area (Å²) in [4.78, 5) is 44.2. The second-order valence-electron chi connectivity index (χ2n) is 11.0. The van der Waals surface area contributed by atoms with Crippen LogP contribution in [0.15, 0.2) is 72.8 Å². The second kappa shape index (κ2) is 16.5. The molecule has 12 nitrogen and oxygen atoms in total. The van der Waals surface area contributed by atoms with Gasteiger partial charge in [0.2, 0.25) is 0 Å². The average Bonchev–Trinajstić information content (AvgIpc) is 3.64. The molecule has 47 heavy (non-hydrogen) atoms. The maximum absolute atomic E-state index is 12.1. The lowest BCUT2D eigenvalue weighted by Gasteiger charge is -2.15. The van der Waals surface area contributed by atoms with Crippen molar-refractivity contribution in [1.29, 1.82) is 5.26 Å². The highest BCUT2D eigenvalue weighted by Gasteiger charge is 2.38. The molecule has 12 heteroatoms. The number of nitrogens with one attached hydrogen (secondary N) is 1. The molecule has 2 heterocycles. The zero-order chi connectivity index (χ0) is 34.7. The average molecular weight is 642 g/mol. The lowest BCUT2D eigenvalue weighted by Crippen LogP contribution is -2.18. The van der Waals surface area contributed by atoms with E-state index in [1.807, 2.05) is 39.8 Å². The van der Waals surface area contributed by atoms with E-state index in [0.717, 1.165) is 16.7 Å². The van der Waals surface area contributed by atoms with Gasteiger partial charge in [0.1, 0.15) is 24.3 Å². The summed E-state index contributed by atoms with van der Waals surface area (Å²) in [5, 5.41) is 41.7. The molecule has 4 aromatic rings. The number of ether oxygens (including phenoxy) is 2. The van der Waals surface area contributed by atoms with Gasteiger partial charge in [0.15, 0.2) is 5.69 Å². The first-order valence-corrected chi connectivity index (χ1v) is 14.5. The van der Waals surface area contributed by atoms with Crippen LogP contribution in [-0.2, 0) is 9.47 Å². The predicted molar refractivity (Wildman–Crippen MR) is 169 cm³/mol. The smallest absolute Gasteiger partial charge is 0.340 e. The van der Waals surface area contributed by atoms with Crippen LogP contribution in [-0.4, -0.2) is 62.1 Å². The van der Waals surface area contributed by atoms with Crippen molar-refractivity contribution in [2.45, 2.75) is 46.3 Å². The van der Waals surface area contributed by atoms with Crippen LogP contribution in [0, 0.1) is 38.0 Å². The van der Waals surface area contributed by atoms with Crippen LogP contribution in [0.25, 0.3) is 0 Å². The van der Waals surface area contributed by atoms with Crippen molar-refractivity contribution in [1.82, 2.24) is 10.2 Å². The quantitative estimate of drug-likeness (QED) is 0.173. The highest BCUT2D eigenvalue weighted by molar-refractivity contribution is 5.91. The van der Waals surface area contributed by atoms with E-state index in [4.69, 9.17) is 24.9 Å². The van der Waals surface area contributed by atoms with Gasteiger partial charge in [0.05, 0.1) is 28.5 Å². The van der Waals surface area contributed by atoms with E-state index in [9.17, 15) is 24.3 Å². The molecule has 5 rings (SSSR count). The van der Waals surface area contributed by atoms with Gasteiger partial charge in [0, 0.05) is 0 Å². The molecular formula is C35H35N3O9. The molecule has 0 saturated carbocycles. The number of nitrogens with zero attached hydrogens (tertiary/aromatic N) is 2. The van der Waals surface area contributed by atoms with E-state index >= 15 is 0 Å². The number of aromatic amines is 1. The Kier molecular flexibility index (Phi) is 12.5. The summed E-state index contributed by atoms with van der Waals surface area (Å²) in [5.41, 5.74) is 4.25. The molecule has 4 N–H and O–H groups in total. The first-order chi connectivity index (χ1) is 22.3. The maximum atomic E-state index is 12.1. The highest BCUT2D eigenvalue weighted by Crippen LogP contribution is 2.39. The van der Waals surface area contributed by atoms with Crippen LogP contribution >= 0.6 is 0 Å². The van der Waals surface area contributed by atoms with E-state index in [-0.39, 0.29) is 35.6 Å². The van der Waals surface area contributed by atoms with Crippen LogP contribution in [0.5, 0.6) is 0 Å². The lowest BCUT2D eigenvalue weighted by atomic mass is 9.97. The Balaban J connectivity index is 0.000000244. The number of rotatable bonds is 7. The Hall–Kier alpha value is -5.80. The largest absolute Gasteiger partial charge is 0.478 e. The number of aromatic carboxylic acids is 3. The minimum Gasteiger partial charge on any atom is -0.478 e. The number of aromatic nitrogens is 2. The fourth-order valence-electron chi connectivity index (χ4n) is 4.59. The van der Waals surface area contributed by atoms with Gasteiger partial charge in [-0.1, -0.05) is 60.0 Å². The lowest BCUT2D eigenvalue weighted by molar-refractivity contribution is -0.0131. The topological polar surface area (TPSA) is 200 Å². The Morgan fingerprint density at radius 2 is 1.26 bits per heavy atom. The number of benzene rings is 3. The van der Waals surface area contributed by atoms with Crippen molar-refractivity contribution < 1.29 is 44.0 Å². The van der Waals surface area contributed by atoms with Gasteiger partial charge in [-0.15, -0.1) is 0 Å². The summed E-state index contributed by atoms with van der Waals surface area (Å²) in [5.74, 6) is -3.45. The van der Waals surface area contributed by atoms with E-state index in [1.165, 1.54) is 0 Å². The van der Waals surface area contributed by atoms with E-state index in [2.05, 4.69) is 10.2 Å². The van der Waals surface area contributed by atoms with Crippen LogP contribution < -0.4 is 0 Å². The molecule has 1 aliphatic rings. The number of H-pyrrole nitrogens is 1. The highest BCUT2D eigenvalue weighted by atomic mass is 16.6. The summed E-state index contributed by atoms with van der Waals surface area (Å²) in [6.45, 7) is 7.75. The fraction of sp³-hybridized carbons (Fsp3) is 0.257. The summed E-state index contributed by atoms with van der Waals surface area (Å²) < 4.78 is 11.2. The minimum atomic E-state index is -1.24. The van der Waals surface area contributed by atoms with Gasteiger partial charge < -0.3 is 24.8 Å². The van der Waals surface area contributed by atoms with Crippen molar-refractivity contribution in [3.63, 3.8) is 0 Å². The number of aryl methyl sites for hydroxylation is 3. The van der Waals surface area contributed by atoms with Crippen molar-refractivity contribution in [3.8, 4) is 6.07 Å². The van der Waals surface area contributed by atoms with Gasteiger partial charge in [0.25, 0.3) is 0 Å². The van der Waals surface area contributed by atoms with Crippen molar-refractivity contribution >= 4 is 23.9 Å². The maximum Gasteiger partial charge on any atom is 0.340 e. The standard InChI is InChI=1S/C19H19N3O5.2C8H8O2/c1-10-3-5-12(6-4-10)19(25)26-9-13-7-11(2)17(27-13)16-15(18(23)24)14(8-20)21-22-16;2*1-6-2-4-7(5-3-6)8(9)10/h3-6,11,13,17H,7,9H2,1-2H3,(H,21,22)(H,23,24);2*2-5H,1H3,(H,9,10)/t11-,13-,17+;;/m0../s1. The second-order valence-corrected chi connectivity index (χ2v) is 11.0.